The molecule has 73 heavy (non-hydrogen) atoms. The number of carbonyl (C=O) groups is 2. The van der Waals surface area contributed by atoms with Gasteiger partial charge in [-0.2, -0.15) is 0 Å². The maximum absolute atomic E-state index is 14.4. The van der Waals surface area contributed by atoms with Crippen molar-refractivity contribution in [1.82, 2.24) is 9.80 Å². The van der Waals surface area contributed by atoms with Gasteiger partial charge in [0.05, 0.1) is 92.1 Å². The Morgan fingerprint density at radius 3 is 1.85 bits per heavy atom. The van der Waals surface area contributed by atoms with E-state index in [0.717, 1.165) is 0 Å². The Kier molecular flexibility index (Phi) is 26.2. The first-order valence-corrected chi connectivity index (χ1v) is 25.7. The molecule has 13 N–H and O–H groups in total. The number of aliphatic hydroxyl groups excluding tert-OH is 10. The van der Waals surface area contributed by atoms with E-state index < -0.39 is 140 Å². The van der Waals surface area contributed by atoms with Gasteiger partial charge in [0, 0.05) is 63.8 Å². The second-order valence-electron chi connectivity index (χ2n) is 20.1. The van der Waals surface area contributed by atoms with E-state index in [4.69, 9.17) is 24.7 Å². The number of ether oxygens (including phenoxy) is 4. The van der Waals surface area contributed by atoms with Gasteiger partial charge in [-0.25, -0.2) is 0 Å². The van der Waals surface area contributed by atoms with Crippen molar-refractivity contribution in [3.63, 3.8) is 0 Å². The molecule has 2 bridgehead atoms. The summed E-state index contributed by atoms with van der Waals surface area (Å²) < 4.78 is 23.9. The lowest BCUT2D eigenvalue weighted by molar-refractivity contribution is -0.309. The SMILES string of the molecule is C[C@@H]1[C@H](O)[C@@H](C)/C=C/C=C/C=C/C=C/C=C/C=C/C=C/[C@H](O[C@@H]2O[C@H](C)[C@@H](O)[C@H](N)[C@@H]2O)CC2O[C@](O)(C[C@@H](O)[C@H](O)CC[C@@H](O)CC(O)C[C@@H](O)CC(=O)O[C@H]1C)C[C@H](O)[C@H]2C(=O)N1CCN(CCO)CC1. The Hall–Kier alpha value is -3.52. The van der Waals surface area contributed by atoms with Crippen molar-refractivity contribution in [2.24, 2.45) is 23.5 Å². The van der Waals surface area contributed by atoms with Crippen LogP contribution < -0.4 is 5.73 Å². The molecule has 0 aromatic rings. The molecule has 4 aliphatic rings. The van der Waals surface area contributed by atoms with Crippen LogP contribution in [0.2, 0.25) is 0 Å². The first kappa shape index (κ1) is 62.0. The number of amides is 1. The van der Waals surface area contributed by atoms with Crippen LogP contribution in [-0.4, -0.2) is 215 Å². The van der Waals surface area contributed by atoms with Crippen LogP contribution in [0.15, 0.2) is 85.1 Å². The summed E-state index contributed by atoms with van der Waals surface area (Å²) in [7, 11) is 0. The monoisotopic (exact) mass is 1040 g/mol. The van der Waals surface area contributed by atoms with Gasteiger partial charge in [-0.05, 0) is 39.5 Å². The average Bonchev–Trinajstić information content (AvgIpc) is 3.32. The van der Waals surface area contributed by atoms with E-state index in [1.807, 2.05) is 54.4 Å². The fraction of sp³-hybridized carbons (Fsp3) is 0.698. The molecule has 0 aromatic carbocycles. The van der Waals surface area contributed by atoms with Gasteiger partial charge in [0.25, 0.3) is 0 Å². The van der Waals surface area contributed by atoms with Crippen LogP contribution in [0.4, 0.5) is 0 Å². The summed E-state index contributed by atoms with van der Waals surface area (Å²) in [6.45, 7) is 8.66. The zero-order valence-electron chi connectivity index (χ0n) is 42.7. The Morgan fingerprint density at radius 2 is 1.25 bits per heavy atom. The lowest BCUT2D eigenvalue weighted by atomic mass is 9.81. The fourth-order valence-electron chi connectivity index (χ4n) is 9.50. The number of hydrogen-bond acceptors (Lipinski definition) is 19. The average molecular weight is 1040 g/mol. The van der Waals surface area contributed by atoms with Gasteiger partial charge in [-0.15, -0.1) is 0 Å². The number of β-amino-alcohol motifs (C(OH)–C–C–N with tert-alkyl or cyclic N) is 1. The zero-order chi connectivity index (χ0) is 53.8. The number of allylic oxidation sites excluding steroid dienone is 12. The third-order valence-electron chi connectivity index (χ3n) is 14.1. The molecule has 19 atom stereocenters. The summed E-state index contributed by atoms with van der Waals surface area (Å²) in [4.78, 5) is 30.7. The molecule has 3 saturated heterocycles. The van der Waals surface area contributed by atoms with E-state index in [1.165, 1.54) is 0 Å². The molecule has 4 heterocycles. The molecule has 4 rings (SSSR count). The van der Waals surface area contributed by atoms with Crippen molar-refractivity contribution in [3.8, 4) is 0 Å². The van der Waals surface area contributed by atoms with Crippen LogP contribution >= 0.6 is 0 Å². The van der Waals surface area contributed by atoms with Crippen LogP contribution in [0, 0.1) is 17.8 Å². The van der Waals surface area contributed by atoms with Crippen molar-refractivity contribution in [1.29, 1.82) is 0 Å². The molecule has 3 fully saturated rings. The Morgan fingerprint density at radius 1 is 0.685 bits per heavy atom. The van der Waals surface area contributed by atoms with Crippen LogP contribution in [-0.2, 0) is 28.5 Å². The predicted octanol–water partition coefficient (Wildman–Crippen LogP) is -0.236. The normalized spacial score (nSPS) is 43.4. The molecular formula is C53H85N3O17. The molecule has 4 aliphatic heterocycles. The predicted molar refractivity (Wildman–Crippen MR) is 269 cm³/mol. The third-order valence-corrected chi connectivity index (χ3v) is 14.1. The highest BCUT2D eigenvalue weighted by atomic mass is 16.7. The minimum atomic E-state index is -2.31. The fourth-order valence-corrected chi connectivity index (χ4v) is 9.50. The first-order valence-electron chi connectivity index (χ1n) is 25.7. The van der Waals surface area contributed by atoms with Crippen LogP contribution in [0.5, 0.6) is 0 Å². The Labute approximate surface area is 429 Å². The summed E-state index contributed by atoms with van der Waals surface area (Å²) in [5.41, 5.74) is 6.14. The topological polar surface area (TPSA) is 326 Å². The number of nitrogens with zero attached hydrogens (tertiary/aromatic N) is 2. The molecule has 0 aromatic heterocycles. The van der Waals surface area contributed by atoms with E-state index >= 15 is 0 Å². The van der Waals surface area contributed by atoms with Crippen molar-refractivity contribution in [2.75, 3.05) is 39.3 Å². The van der Waals surface area contributed by atoms with E-state index in [1.54, 1.807) is 68.2 Å². The highest BCUT2D eigenvalue weighted by molar-refractivity contribution is 5.80. The zero-order valence-corrected chi connectivity index (χ0v) is 42.7. The minimum Gasteiger partial charge on any atom is -0.462 e. The highest BCUT2D eigenvalue weighted by Gasteiger charge is 2.52. The number of piperazine rings is 1. The molecule has 20 nitrogen and oxygen atoms in total. The van der Waals surface area contributed by atoms with E-state index in [0.29, 0.717) is 19.6 Å². The van der Waals surface area contributed by atoms with Crippen molar-refractivity contribution < 1.29 is 84.7 Å². The highest BCUT2D eigenvalue weighted by Crippen LogP contribution is 2.39. The van der Waals surface area contributed by atoms with Crippen molar-refractivity contribution >= 4 is 11.9 Å². The van der Waals surface area contributed by atoms with E-state index in [9.17, 15) is 65.8 Å². The largest absolute Gasteiger partial charge is 0.462 e. The third kappa shape index (κ3) is 20.2. The van der Waals surface area contributed by atoms with Crippen LogP contribution in [0.25, 0.3) is 0 Å². The molecule has 0 radical (unpaired) electrons. The van der Waals surface area contributed by atoms with Gasteiger partial charge in [-0.1, -0.05) is 98.9 Å². The molecule has 2 unspecified atom stereocenters. The summed E-state index contributed by atoms with van der Waals surface area (Å²) in [5.74, 6) is -5.52. The van der Waals surface area contributed by atoms with Crippen LogP contribution in [0.3, 0.4) is 0 Å². The van der Waals surface area contributed by atoms with Gasteiger partial charge in [-0.3, -0.25) is 14.5 Å². The van der Waals surface area contributed by atoms with Crippen LogP contribution in [0.1, 0.15) is 79.1 Å². The lowest BCUT2D eigenvalue weighted by Crippen LogP contribution is -2.62. The molecule has 0 aliphatic carbocycles. The number of fused-ring (bicyclic) bond motifs is 2. The maximum Gasteiger partial charge on any atom is 0.308 e. The number of cyclic esters (lactones) is 1. The number of esters is 1. The number of aliphatic hydroxyl groups is 11. The Bertz CT molecular complexity index is 1870. The lowest BCUT2D eigenvalue weighted by Gasteiger charge is -2.47. The van der Waals surface area contributed by atoms with Gasteiger partial charge in [0.1, 0.15) is 12.2 Å². The van der Waals surface area contributed by atoms with E-state index in [2.05, 4.69) is 0 Å². The molecule has 0 saturated carbocycles. The molecular weight excluding hydrogens is 951 g/mol. The molecule has 414 valence electrons. The number of hydrogen-bond donors (Lipinski definition) is 12. The summed E-state index contributed by atoms with van der Waals surface area (Å²) in [6.07, 6.45) is 4.77. The van der Waals surface area contributed by atoms with Gasteiger partial charge in [0.15, 0.2) is 12.1 Å². The standard InChI is InChI=1S/C53H85N3O17/c1-33-17-15-13-11-9-7-5-6-8-10-12-14-16-18-40(72-52-50(67)47(54)49(66)36(4)71-52)30-44-46(51(68)56-23-21-55(22-24-56)25-26-57)43(63)32-53(69,73-44)31-42(62)41(61)20-19-37(58)27-38(59)28-39(60)29-45(64)70-35(3)34(2)48(33)65/h5-18,33-44,46-50,52,57-63,65-67,69H,19-32,54H2,1-4H3/b6-5+,9-7+,10-8+,13-11+,14-12+,17-15+,18-16+/t33-,34-,35-,36+,37+,38?,39+,40-,41+,42+,43-,44?,46+,47-,48+,49+,50-,52-,53+/m0/s1. The van der Waals surface area contributed by atoms with E-state index in [-0.39, 0.29) is 57.7 Å². The quantitative estimate of drug-likeness (QED) is 0.158. The maximum atomic E-state index is 14.4. The molecule has 1 amide bonds. The summed E-state index contributed by atoms with van der Waals surface area (Å²) >= 11 is 0. The van der Waals surface area contributed by atoms with Gasteiger partial charge >= 0.3 is 5.97 Å². The van der Waals surface area contributed by atoms with Gasteiger partial charge in [0.2, 0.25) is 5.91 Å². The number of nitrogens with two attached hydrogens (primary N) is 1. The number of carbonyl (C=O) groups excluding carboxylic acids is 2. The Balaban J connectivity index is 1.62. The first-order chi connectivity index (χ1) is 34.6. The second kappa shape index (κ2) is 30.9. The molecule has 0 spiro atoms. The summed E-state index contributed by atoms with van der Waals surface area (Å²) in [6, 6.07) is -1.14. The summed E-state index contributed by atoms with van der Waals surface area (Å²) in [5, 5.41) is 120. The second-order valence-corrected chi connectivity index (χ2v) is 20.1. The van der Waals surface area contributed by atoms with Crippen molar-refractivity contribution in [2.45, 2.75) is 177 Å². The number of rotatable bonds is 5. The molecule has 20 heteroatoms. The van der Waals surface area contributed by atoms with Gasteiger partial charge < -0.3 is 85.8 Å². The minimum absolute atomic E-state index is 0.0555. The smallest absolute Gasteiger partial charge is 0.308 e. The van der Waals surface area contributed by atoms with Crippen molar-refractivity contribution in [3.05, 3.63) is 85.1 Å².